The molecule has 1 aromatic rings. The Hall–Kier alpha value is -2.15. The Bertz CT molecular complexity index is 662. The van der Waals surface area contributed by atoms with E-state index in [0.29, 0.717) is 17.3 Å². The molecule has 0 spiro atoms. The topological polar surface area (TPSA) is 78.7 Å². The van der Waals surface area contributed by atoms with Gasteiger partial charge in [-0.25, -0.2) is 0 Å². The maximum Gasteiger partial charge on any atom is 0.293 e. The number of nitro groups is 1. The van der Waals surface area contributed by atoms with Crippen molar-refractivity contribution in [2.75, 3.05) is 31.1 Å². The molecule has 25 heavy (non-hydrogen) atoms. The van der Waals surface area contributed by atoms with E-state index in [1.165, 1.54) is 18.9 Å². The van der Waals surface area contributed by atoms with Crippen molar-refractivity contribution in [3.8, 4) is 0 Å². The fraction of sp³-hybridized carbons (Fsp3) is 0.611. The van der Waals surface area contributed by atoms with Crippen LogP contribution in [-0.4, -0.2) is 54.0 Å². The summed E-state index contributed by atoms with van der Waals surface area (Å²) in [6, 6.07) is 5.29. The number of carbonyl (C=O) groups excluding carboxylic acids is 1. The van der Waals surface area contributed by atoms with Gasteiger partial charge < -0.3 is 10.2 Å². The lowest BCUT2D eigenvalue weighted by Gasteiger charge is -2.44. The van der Waals surface area contributed by atoms with Gasteiger partial charge in [0, 0.05) is 43.3 Å². The third kappa shape index (κ3) is 3.92. The molecule has 2 aliphatic heterocycles. The van der Waals surface area contributed by atoms with Crippen LogP contribution in [0.1, 0.15) is 43.5 Å². The average molecular weight is 346 g/mol. The number of nitrogens with zero attached hydrogens (tertiary/aromatic N) is 3. The Morgan fingerprint density at radius 1 is 1.28 bits per heavy atom. The molecule has 0 radical (unpaired) electrons. The summed E-state index contributed by atoms with van der Waals surface area (Å²) in [5.74, 6) is -0.276. The molecule has 2 aliphatic rings. The zero-order valence-corrected chi connectivity index (χ0v) is 14.9. The van der Waals surface area contributed by atoms with Gasteiger partial charge in [0.05, 0.1) is 4.92 Å². The molecule has 7 nitrogen and oxygen atoms in total. The van der Waals surface area contributed by atoms with Crippen molar-refractivity contribution in [1.29, 1.82) is 0 Å². The first-order chi connectivity index (χ1) is 12.0. The van der Waals surface area contributed by atoms with Crippen molar-refractivity contribution >= 4 is 17.3 Å². The van der Waals surface area contributed by atoms with Crippen molar-refractivity contribution in [1.82, 2.24) is 10.2 Å². The summed E-state index contributed by atoms with van der Waals surface area (Å²) in [6.07, 6.45) is 3.63. The Balaban J connectivity index is 1.83. The van der Waals surface area contributed by atoms with Crippen molar-refractivity contribution in [3.63, 3.8) is 0 Å². The van der Waals surface area contributed by atoms with Crippen LogP contribution in [0.2, 0.25) is 0 Å². The van der Waals surface area contributed by atoms with Gasteiger partial charge in [0.25, 0.3) is 11.6 Å². The predicted molar refractivity (Wildman–Crippen MR) is 97.1 cm³/mol. The predicted octanol–water partition coefficient (Wildman–Crippen LogP) is 2.41. The summed E-state index contributed by atoms with van der Waals surface area (Å²) in [6.45, 7) is 7.41. The number of nitrogens with one attached hydrogen (secondary N) is 1. The lowest BCUT2D eigenvalue weighted by molar-refractivity contribution is -0.384. The van der Waals surface area contributed by atoms with Crippen molar-refractivity contribution in [2.24, 2.45) is 0 Å². The van der Waals surface area contributed by atoms with Crippen molar-refractivity contribution in [2.45, 2.75) is 45.2 Å². The monoisotopic (exact) mass is 346 g/mol. The van der Waals surface area contributed by atoms with Crippen LogP contribution in [-0.2, 0) is 0 Å². The van der Waals surface area contributed by atoms with Gasteiger partial charge >= 0.3 is 0 Å². The van der Waals surface area contributed by atoms with Gasteiger partial charge in [-0.3, -0.25) is 19.8 Å². The number of benzene rings is 1. The molecular weight excluding hydrogens is 320 g/mol. The molecule has 2 fully saturated rings. The van der Waals surface area contributed by atoms with Crippen LogP contribution in [0, 0.1) is 10.1 Å². The lowest BCUT2D eigenvalue weighted by Crippen LogP contribution is -2.55. The van der Waals surface area contributed by atoms with E-state index >= 15 is 0 Å². The van der Waals surface area contributed by atoms with Gasteiger partial charge in [0.2, 0.25) is 0 Å². The molecule has 136 valence electrons. The molecule has 1 aromatic carbocycles. The Labute approximate surface area is 148 Å². The number of nitro benzene ring substituents is 1. The Kier molecular flexibility index (Phi) is 5.22. The van der Waals surface area contributed by atoms with E-state index in [1.807, 2.05) is 13.8 Å². The molecule has 1 unspecified atom stereocenters. The van der Waals surface area contributed by atoms with Gasteiger partial charge in [-0.2, -0.15) is 0 Å². The highest BCUT2D eigenvalue weighted by molar-refractivity contribution is 5.96. The van der Waals surface area contributed by atoms with Gasteiger partial charge in [0.1, 0.15) is 5.69 Å². The van der Waals surface area contributed by atoms with E-state index in [-0.39, 0.29) is 22.6 Å². The summed E-state index contributed by atoms with van der Waals surface area (Å²) in [5.41, 5.74) is 0.970. The number of hydrogen-bond acceptors (Lipinski definition) is 5. The molecule has 1 amide bonds. The quantitative estimate of drug-likeness (QED) is 0.669. The number of fused-ring (bicyclic) bond motifs is 1. The molecule has 2 heterocycles. The van der Waals surface area contributed by atoms with Crippen LogP contribution < -0.4 is 10.2 Å². The highest BCUT2D eigenvalue weighted by atomic mass is 16.6. The first-order valence-corrected chi connectivity index (χ1v) is 9.04. The second-order valence-corrected chi connectivity index (χ2v) is 7.22. The first kappa shape index (κ1) is 17.7. The van der Waals surface area contributed by atoms with E-state index in [0.717, 1.165) is 32.6 Å². The van der Waals surface area contributed by atoms with Gasteiger partial charge in [-0.15, -0.1) is 0 Å². The second-order valence-electron chi connectivity index (χ2n) is 7.22. The molecule has 1 atom stereocenters. The summed E-state index contributed by atoms with van der Waals surface area (Å²) >= 11 is 0. The molecular formula is C18H26N4O3. The molecule has 0 aromatic heterocycles. The average Bonchev–Trinajstić information content (AvgIpc) is 2.60. The molecule has 3 rings (SSSR count). The number of carbonyl (C=O) groups is 1. The van der Waals surface area contributed by atoms with Crippen molar-refractivity contribution < 1.29 is 9.72 Å². The number of rotatable bonds is 4. The highest BCUT2D eigenvalue weighted by Crippen LogP contribution is 2.32. The standard InChI is InChI=1S/C18H26N4O3/c1-13(2)19-18(23)14-6-7-16(17(11-14)22(24)25)21-10-9-20-8-4-3-5-15(20)12-21/h6-7,11,13,15H,3-5,8-10,12H2,1-2H3,(H,19,23). The summed E-state index contributed by atoms with van der Waals surface area (Å²) in [7, 11) is 0. The molecule has 0 bridgehead atoms. The zero-order valence-electron chi connectivity index (χ0n) is 14.9. The largest absolute Gasteiger partial charge is 0.363 e. The third-order valence-corrected chi connectivity index (χ3v) is 5.03. The molecule has 2 saturated heterocycles. The number of piperazine rings is 1. The van der Waals surface area contributed by atoms with Crippen LogP contribution in [0.3, 0.4) is 0 Å². The minimum absolute atomic E-state index is 0.00869. The van der Waals surface area contributed by atoms with E-state index < -0.39 is 0 Å². The van der Waals surface area contributed by atoms with Gasteiger partial charge in [-0.05, 0) is 45.4 Å². The second kappa shape index (κ2) is 7.39. The summed E-state index contributed by atoms with van der Waals surface area (Å²) < 4.78 is 0. The number of amides is 1. The minimum atomic E-state index is -0.380. The normalized spacial score (nSPS) is 21.1. The van der Waals surface area contributed by atoms with Crippen LogP contribution in [0.15, 0.2) is 18.2 Å². The SMILES string of the molecule is CC(C)NC(=O)c1ccc(N2CCN3CCCCC3C2)c([N+](=O)[O-])c1. The highest BCUT2D eigenvalue weighted by Gasteiger charge is 2.31. The molecule has 0 aliphatic carbocycles. The minimum Gasteiger partial charge on any atom is -0.363 e. The van der Waals surface area contributed by atoms with E-state index in [2.05, 4.69) is 15.1 Å². The molecule has 1 N–H and O–H groups in total. The first-order valence-electron chi connectivity index (χ1n) is 9.04. The fourth-order valence-corrected chi connectivity index (χ4v) is 3.80. The molecule has 0 saturated carbocycles. The van der Waals surface area contributed by atoms with Crippen LogP contribution in [0.25, 0.3) is 0 Å². The maximum atomic E-state index is 12.2. The number of anilines is 1. The number of hydrogen-bond donors (Lipinski definition) is 1. The molecule has 7 heteroatoms. The Morgan fingerprint density at radius 3 is 2.80 bits per heavy atom. The van der Waals surface area contributed by atoms with E-state index in [1.54, 1.807) is 12.1 Å². The van der Waals surface area contributed by atoms with E-state index in [9.17, 15) is 14.9 Å². The van der Waals surface area contributed by atoms with Crippen LogP contribution in [0.5, 0.6) is 0 Å². The zero-order chi connectivity index (χ0) is 18.0. The fourth-order valence-electron chi connectivity index (χ4n) is 3.80. The lowest BCUT2D eigenvalue weighted by atomic mass is 9.99. The van der Waals surface area contributed by atoms with Gasteiger partial charge in [-0.1, -0.05) is 6.42 Å². The van der Waals surface area contributed by atoms with Gasteiger partial charge in [0.15, 0.2) is 0 Å². The van der Waals surface area contributed by atoms with Crippen LogP contribution in [0.4, 0.5) is 11.4 Å². The maximum absolute atomic E-state index is 12.2. The summed E-state index contributed by atoms with van der Waals surface area (Å²) in [4.78, 5) is 28.0. The van der Waals surface area contributed by atoms with E-state index in [4.69, 9.17) is 0 Å². The van der Waals surface area contributed by atoms with Crippen LogP contribution >= 0.6 is 0 Å². The summed E-state index contributed by atoms with van der Waals surface area (Å²) in [5, 5.41) is 14.4. The van der Waals surface area contributed by atoms with Crippen molar-refractivity contribution in [3.05, 3.63) is 33.9 Å². The Morgan fingerprint density at radius 2 is 2.08 bits per heavy atom. The smallest absolute Gasteiger partial charge is 0.293 e. The third-order valence-electron chi connectivity index (χ3n) is 5.03. The number of piperidine rings is 1.